The first kappa shape index (κ1) is 15.8. The fourth-order valence-corrected chi connectivity index (χ4v) is 2.52. The van der Waals surface area contributed by atoms with Gasteiger partial charge >= 0.3 is 0 Å². The molecule has 2 aromatic rings. The van der Waals surface area contributed by atoms with Gasteiger partial charge in [-0.3, -0.25) is 9.36 Å². The van der Waals surface area contributed by atoms with Crippen molar-refractivity contribution in [3.63, 3.8) is 0 Å². The van der Waals surface area contributed by atoms with Crippen LogP contribution in [0.15, 0.2) is 18.5 Å². The van der Waals surface area contributed by atoms with Gasteiger partial charge in [0.2, 0.25) is 0 Å². The minimum atomic E-state index is 0.399. The van der Waals surface area contributed by atoms with E-state index in [-0.39, 0.29) is 0 Å². The summed E-state index contributed by atoms with van der Waals surface area (Å²) in [5.74, 6) is 0. The van der Waals surface area contributed by atoms with Crippen LogP contribution in [0.4, 0.5) is 0 Å². The van der Waals surface area contributed by atoms with Gasteiger partial charge in [0.05, 0.1) is 24.1 Å². The largest absolute Gasteiger partial charge is 0.310 e. The van der Waals surface area contributed by atoms with Crippen LogP contribution in [-0.4, -0.2) is 26.1 Å². The van der Waals surface area contributed by atoms with Crippen molar-refractivity contribution in [2.45, 2.75) is 52.6 Å². The SMILES string of the molecule is CCCNC(CC)c1cnn(Cc2cc(CC)nn2C)c1. The van der Waals surface area contributed by atoms with Crippen molar-refractivity contribution in [3.8, 4) is 0 Å². The van der Waals surface area contributed by atoms with Gasteiger partial charge in [0.1, 0.15) is 0 Å². The molecule has 0 aromatic carbocycles. The smallest absolute Gasteiger partial charge is 0.0828 e. The highest BCUT2D eigenvalue weighted by Gasteiger charge is 2.11. The third-order valence-corrected chi connectivity index (χ3v) is 3.82. The Hall–Kier alpha value is -1.62. The van der Waals surface area contributed by atoms with E-state index in [4.69, 9.17) is 0 Å². The van der Waals surface area contributed by atoms with E-state index in [0.717, 1.165) is 38.0 Å². The fraction of sp³-hybridized carbons (Fsp3) is 0.625. The van der Waals surface area contributed by atoms with E-state index in [2.05, 4.69) is 48.5 Å². The standard InChI is InChI=1S/C16H27N5/c1-5-8-17-16(7-3)13-10-18-21(11-13)12-15-9-14(6-2)19-20(15)4/h9-11,16-17H,5-8,12H2,1-4H3. The van der Waals surface area contributed by atoms with Crippen LogP contribution >= 0.6 is 0 Å². The second-order valence-corrected chi connectivity index (χ2v) is 5.49. The van der Waals surface area contributed by atoms with Crippen LogP contribution in [0.5, 0.6) is 0 Å². The van der Waals surface area contributed by atoms with Gasteiger partial charge in [0, 0.05) is 24.8 Å². The highest BCUT2D eigenvalue weighted by atomic mass is 15.3. The quantitative estimate of drug-likeness (QED) is 0.813. The molecule has 116 valence electrons. The maximum Gasteiger partial charge on any atom is 0.0828 e. The summed E-state index contributed by atoms with van der Waals surface area (Å²) >= 11 is 0. The molecule has 1 atom stereocenters. The van der Waals surface area contributed by atoms with Gasteiger partial charge in [-0.25, -0.2) is 0 Å². The fourth-order valence-electron chi connectivity index (χ4n) is 2.52. The molecular weight excluding hydrogens is 262 g/mol. The van der Waals surface area contributed by atoms with Crippen LogP contribution in [-0.2, 0) is 20.0 Å². The first-order valence-corrected chi connectivity index (χ1v) is 7.95. The Balaban J connectivity index is 2.06. The van der Waals surface area contributed by atoms with Crippen molar-refractivity contribution >= 4 is 0 Å². The lowest BCUT2D eigenvalue weighted by Gasteiger charge is -2.14. The summed E-state index contributed by atoms with van der Waals surface area (Å²) in [6.07, 6.45) is 7.33. The van der Waals surface area contributed by atoms with E-state index in [9.17, 15) is 0 Å². The van der Waals surface area contributed by atoms with Crippen molar-refractivity contribution in [2.75, 3.05) is 6.54 Å². The molecule has 2 aromatic heterocycles. The monoisotopic (exact) mass is 289 g/mol. The number of hydrogen-bond donors (Lipinski definition) is 1. The van der Waals surface area contributed by atoms with E-state index in [1.54, 1.807) is 0 Å². The summed E-state index contributed by atoms with van der Waals surface area (Å²) in [6.45, 7) is 8.35. The average Bonchev–Trinajstić information content (AvgIpc) is 3.08. The van der Waals surface area contributed by atoms with E-state index < -0.39 is 0 Å². The van der Waals surface area contributed by atoms with Gasteiger partial charge in [0.15, 0.2) is 0 Å². The van der Waals surface area contributed by atoms with Crippen LogP contribution in [0.1, 0.15) is 56.6 Å². The Kier molecular flexibility index (Phi) is 5.56. The van der Waals surface area contributed by atoms with Gasteiger partial charge in [-0.05, 0) is 31.9 Å². The highest BCUT2D eigenvalue weighted by Crippen LogP contribution is 2.16. The molecule has 0 radical (unpaired) electrons. The van der Waals surface area contributed by atoms with Crippen molar-refractivity contribution in [1.29, 1.82) is 0 Å². The summed E-state index contributed by atoms with van der Waals surface area (Å²) in [5, 5.41) is 12.6. The second-order valence-electron chi connectivity index (χ2n) is 5.49. The number of aromatic nitrogens is 4. The zero-order chi connectivity index (χ0) is 15.2. The van der Waals surface area contributed by atoms with Crippen LogP contribution in [0.3, 0.4) is 0 Å². The molecule has 0 aliphatic rings. The predicted molar refractivity (Wildman–Crippen MR) is 85.2 cm³/mol. The molecule has 1 unspecified atom stereocenters. The van der Waals surface area contributed by atoms with E-state index in [0.29, 0.717) is 6.04 Å². The van der Waals surface area contributed by atoms with Crippen LogP contribution < -0.4 is 5.32 Å². The topological polar surface area (TPSA) is 47.7 Å². The Labute approximate surface area is 127 Å². The molecule has 0 aliphatic heterocycles. The molecule has 21 heavy (non-hydrogen) atoms. The zero-order valence-electron chi connectivity index (χ0n) is 13.6. The molecular formula is C16H27N5. The summed E-state index contributed by atoms with van der Waals surface area (Å²) in [7, 11) is 2.00. The maximum atomic E-state index is 4.50. The van der Waals surface area contributed by atoms with Crippen molar-refractivity contribution in [2.24, 2.45) is 7.05 Å². The summed E-state index contributed by atoms with van der Waals surface area (Å²) in [4.78, 5) is 0. The highest BCUT2D eigenvalue weighted by molar-refractivity contribution is 5.13. The molecule has 0 saturated carbocycles. The summed E-state index contributed by atoms with van der Waals surface area (Å²) in [6, 6.07) is 2.56. The number of hydrogen-bond acceptors (Lipinski definition) is 3. The Morgan fingerprint density at radius 3 is 2.71 bits per heavy atom. The third-order valence-electron chi connectivity index (χ3n) is 3.82. The summed E-state index contributed by atoms with van der Waals surface area (Å²) < 4.78 is 3.95. The molecule has 1 N–H and O–H groups in total. The van der Waals surface area contributed by atoms with Crippen LogP contribution in [0, 0.1) is 0 Å². The molecule has 2 heterocycles. The number of nitrogens with zero attached hydrogens (tertiary/aromatic N) is 4. The first-order valence-electron chi connectivity index (χ1n) is 7.95. The van der Waals surface area contributed by atoms with E-state index in [1.165, 1.54) is 11.3 Å². The van der Waals surface area contributed by atoms with Crippen LogP contribution in [0.25, 0.3) is 0 Å². The molecule has 0 bridgehead atoms. The first-order chi connectivity index (χ1) is 10.2. The Bertz CT molecular complexity index is 555. The van der Waals surface area contributed by atoms with Gasteiger partial charge in [-0.2, -0.15) is 10.2 Å². The van der Waals surface area contributed by atoms with Gasteiger partial charge in [-0.15, -0.1) is 0 Å². The second kappa shape index (κ2) is 7.41. The third kappa shape index (κ3) is 3.94. The Morgan fingerprint density at radius 1 is 1.29 bits per heavy atom. The van der Waals surface area contributed by atoms with Gasteiger partial charge < -0.3 is 5.32 Å². The number of rotatable bonds is 8. The molecule has 0 aliphatic carbocycles. The van der Waals surface area contributed by atoms with Crippen molar-refractivity contribution in [3.05, 3.63) is 35.4 Å². The lowest BCUT2D eigenvalue weighted by atomic mass is 10.1. The lowest BCUT2D eigenvalue weighted by Crippen LogP contribution is -2.21. The zero-order valence-corrected chi connectivity index (χ0v) is 13.6. The van der Waals surface area contributed by atoms with E-state index >= 15 is 0 Å². The number of aryl methyl sites for hydroxylation is 2. The minimum Gasteiger partial charge on any atom is -0.310 e. The summed E-state index contributed by atoms with van der Waals surface area (Å²) in [5.41, 5.74) is 3.59. The molecule has 2 rings (SSSR count). The van der Waals surface area contributed by atoms with Gasteiger partial charge in [-0.1, -0.05) is 20.8 Å². The molecule has 0 spiro atoms. The van der Waals surface area contributed by atoms with Crippen LogP contribution in [0.2, 0.25) is 0 Å². The van der Waals surface area contributed by atoms with Crippen molar-refractivity contribution < 1.29 is 0 Å². The predicted octanol–water partition coefficient (Wildman–Crippen LogP) is 2.68. The maximum absolute atomic E-state index is 4.50. The van der Waals surface area contributed by atoms with Crippen molar-refractivity contribution in [1.82, 2.24) is 24.9 Å². The minimum absolute atomic E-state index is 0.399. The molecule has 5 heteroatoms. The molecule has 0 amide bonds. The molecule has 0 fully saturated rings. The average molecular weight is 289 g/mol. The Morgan fingerprint density at radius 2 is 2.10 bits per heavy atom. The molecule has 5 nitrogen and oxygen atoms in total. The molecule has 0 saturated heterocycles. The normalized spacial score (nSPS) is 12.8. The lowest BCUT2D eigenvalue weighted by molar-refractivity contribution is 0.517. The van der Waals surface area contributed by atoms with E-state index in [1.807, 2.05) is 22.6 Å². The van der Waals surface area contributed by atoms with Gasteiger partial charge in [0.25, 0.3) is 0 Å². The number of nitrogens with one attached hydrogen (secondary N) is 1.